The molecular weight excluding hydrogens is 244 g/mol. The van der Waals surface area contributed by atoms with Gasteiger partial charge in [-0.05, 0) is 37.5 Å². The Hall–Kier alpha value is -0.590. The van der Waals surface area contributed by atoms with Crippen molar-refractivity contribution < 1.29 is 4.92 Å². The van der Waals surface area contributed by atoms with Crippen molar-refractivity contribution in [2.24, 2.45) is 0 Å². The Morgan fingerprint density at radius 3 is 2.94 bits per heavy atom. The van der Waals surface area contributed by atoms with Gasteiger partial charge in [-0.2, -0.15) is 11.8 Å². The molecule has 0 aliphatic heterocycles. The van der Waals surface area contributed by atoms with E-state index in [1.165, 1.54) is 23.5 Å². The number of hydrogen-bond donors (Lipinski definition) is 1. The van der Waals surface area contributed by atoms with Gasteiger partial charge in [-0.1, -0.05) is 11.3 Å². The van der Waals surface area contributed by atoms with Gasteiger partial charge in [0.15, 0.2) is 0 Å². The lowest BCUT2D eigenvalue weighted by atomic mass is 10.3. The monoisotopic (exact) mass is 260 g/mol. The van der Waals surface area contributed by atoms with Crippen molar-refractivity contribution in [3.63, 3.8) is 0 Å². The number of rotatable bonds is 8. The average Bonchev–Trinajstić information content (AvgIpc) is 2.72. The lowest BCUT2D eigenvalue weighted by Gasteiger charge is -2.01. The second kappa shape index (κ2) is 7.65. The van der Waals surface area contributed by atoms with Crippen molar-refractivity contribution >= 4 is 28.1 Å². The fourth-order valence-electron chi connectivity index (χ4n) is 1.27. The van der Waals surface area contributed by atoms with E-state index in [2.05, 4.69) is 11.6 Å². The highest BCUT2D eigenvalue weighted by atomic mass is 32.2. The number of nitrogens with zero attached hydrogens (tertiary/aromatic N) is 1. The molecule has 0 amide bonds. The molecule has 0 radical (unpaired) electrons. The molecule has 1 rings (SSSR count). The molecule has 1 N–H and O–H groups in total. The number of hydrogen-bond acceptors (Lipinski definition) is 5. The van der Waals surface area contributed by atoms with E-state index in [1.807, 2.05) is 17.8 Å². The Morgan fingerprint density at radius 1 is 1.50 bits per heavy atom. The maximum absolute atomic E-state index is 10.5. The van der Waals surface area contributed by atoms with Crippen molar-refractivity contribution in [3.8, 4) is 0 Å². The zero-order chi connectivity index (χ0) is 11.8. The van der Waals surface area contributed by atoms with Crippen LogP contribution in [-0.2, 0) is 6.54 Å². The molecule has 1 aromatic rings. The fraction of sp³-hybridized carbons (Fsp3) is 0.600. The lowest BCUT2D eigenvalue weighted by molar-refractivity contribution is -0.380. The summed E-state index contributed by atoms with van der Waals surface area (Å²) in [7, 11) is 0. The molecule has 0 saturated heterocycles. The zero-order valence-electron chi connectivity index (χ0n) is 9.27. The van der Waals surface area contributed by atoms with Crippen molar-refractivity contribution in [3.05, 3.63) is 27.1 Å². The maximum Gasteiger partial charge on any atom is 0.324 e. The molecule has 0 atom stereocenters. The quantitative estimate of drug-likeness (QED) is 0.443. The van der Waals surface area contributed by atoms with E-state index >= 15 is 0 Å². The fourth-order valence-corrected chi connectivity index (χ4v) is 2.55. The summed E-state index contributed by atoms with van der Waals surface area (Å²) >= 11 is 3.11. The van der Waals surface area contributed by atoms with Crippen molar-refractivity contribution in [2.45, 2.75) is 19.4 Å². The molecule has 0 aromatic carbocycles. The minimum atomic E-state index is -0.341. The second-order valence-corrected chi connectivity index (χ2v) is 5.51. The summed E-state index contributed by atoms with van der Waals surface area (Å²) in [5.74, 6) is 1.20. The molecule has 6 heteroatoms. The standard InChI is InChI=1S/C10H16N2O2S2/c1-15-7-3-2-6-11-8-9-4-5-10(16-9)12(13)14/h4-5,11H,2-3,6-8H2,1H3. The second-order valence-electron chi connectivity index (χ2n) is 3.37. The SMILES string of the molecule is CSCCCCNCc1ccc([N+](=O)[O-])s1. The highest BCUT2D eigenvalue weighted by Crippen LogP contribution is 2.23. The van der Waals surface area contributed by atoms with Gasteiger partial charge in [0, 0.05) is 17.5 Å². The molecule has 4 nitrogen and oxygen atoms in total. The molecule has 90 valence electrons. The van der Waals surface area contributed by atoms with Gasteiger partial charge in [0.1, 0.15) is 0 Å². The van der Waals surface area contributed by atoms with Crippen LogP contribution in [0.5, 0.6) is 0 Å². The summed E-state index contributed by atoms with van der Waals surface area (Å²) in [6.07, 6.45) is 4.49. The van der Waals surface area contributed by atoms with Gasteiger partial charge in [-0.3, -0.25) is 10.1 Å². The van der Waals surface area contributed by atoms with Gasteiger partial charge >= 0.3 is 5.00 Å². The molecule has 0 aliphatic rings. The van der Waals surface area contributed by atoms with E-state index in [0.717, 1.165) is 24.4 Å². The summed E-state index contributed by atoms with van der Waals surface area (Å²) in [6.45, 7) is 1.71. The number of unbranched alkanes of at least 4 members (excludes halogenated alkanes) is 1. The third-order valence-electron chi connectivity index (χ3n) is 2.08. The third kappa shape index (κ3) is 4.96. The molecule has 0 bridgehead atoms. The Morgan fingerprint density at radius 2 is 2.31 bits per heavy atom. The van der Waals surface area contributed by atoms with E-state index < -0.39 is 0 Å². The lowest BCUT2D eigenvalue weighted by Crippen LogP contribution is -2.13. The van der Waals surface area contributed by atoms with E-state index in [9.17, 15) is 10.1 Å². The minimum absolute atomic E-state index is 0.221. The molecular formula is C10H16N2O2S2. The van der Waals surface area contributed by atoms with Crippen LogP contribution < -0.4 is 5.32 Å². The summed E-state index contributed by atoms with van der Waals surface area (Å²) < 4.78 is 0. The van der Waals surface area contributed by atoms with Crippen LogP contribution in [0.2, 0.25) is 0 Å². The number of nitro groups is 1. The minimum Gasteiger partial charge on any atom is -0.312 e. The first-order valence-electron chi connectivity index (χ1n) is 5.17. The van der Waals surface area contributed by atoms with Crippen LogP contribution in [0.15, 0.2) is 12.1 Å². The van der Waals surface area contributed by atoms with E-state index in [1.54, 1.807) is 6.07 Å². The van der Waals surface area contributed by atoms with Gasteiger partial charge in [0.25, 0.3) is 0 Å². The van der Waals surface area contributed by atoms with Crippen LogP contribution in [0.3, 0.4) is 0 Å². The van der Waals surface area contributed by atoms with Gasteiger partial charge in [-0.25, -0.2) is 0 Å². The normalized spacial score (nSPS) is 10.6. The Bertz CT molecular complexity index is 328. The van der Waals surface area contributed by atoms with Crippen molar-refractivity contribution in [2.75, 3.05) is 18.6 Å². The molecule has 0 fully saturated rings. The summed E-state index contributed by atoms with van der Waals surface area (Å²) in [5.41, 5.74) is 0. The summed E-state index contributed by atoms with van der Waals surface area (Å²) in [6, 6.07) is 3.38. The smallest absolute Gasteiger partial charge is 0.312 e. The molecule has 0 aliphatic carbocycles. The Labute approximate surface area is 104 Å². The van der Waals surface area contributed by atoms with Crippen LogP contribution in [0, 0.1) is 10.1 Å². The predicted octanol–water partition coefficient (Wildman–Crippen LogP) is 2.89. The highest BCUT2D eigenvalue weighted by Gasteiger charge is 2.08. The first-order valence-corrected chi connectivity index (χ1v) is 7.38. The predicted molar refractivity (Wildman–Crippen MR) is 70.3 cm³/mol. The van der Waals surface area contributed by atoms with Gasteiger partial charge < -0.3 is 5.32 Å². The van der Waals surface area contributed by atoms with Crippen LogP contribution in [0.25, 0.3) is 0 Å². The third-order valence-corrected chi connectivity index (χ3v) is 3.81. The average molecular weight is 260 g/mol. The Kier molecular flexibility index (Phi) is 6.44. The molecule has 1 aromatic heterocycles. The molecule has 0 saturated carbocycles. The van der Waals surface area contributed by atoms with Crippen LogP contribution >= 0.6 is 23.1 Å². The van der Waals surface area contributed by atoms with Crippen LogP contribution in [-0.4, -0.2) is 23.5 Å². The van der Waals surface area contributed by atoms with E-state index in [4.69, 9.17) is 0 Å². The highest BCUT2D eigenvalue weighted by molar-refractivity contribution is 7.98. The number of thiophene rings is 1. The number of nitrogens with one attached hydrogen (secondary N) is 1. The van der Waals surface area contributed by atoms with Crippen molar-refractivity contribution in [1.29, 1.82) is 0 Å². The Balaban J connectivity index is 2.14. The van der Waals surface area contributed by atoms with Crippen LogP contribution in [0.4, 0.5) is 5.00 Å². The van der Waals surface area contributed by atoms with Crippen molar-refractivity contribution in [1.82, 2.24) is 5.32 Å². The van der Waals surface area contributed by atoms with E-state index in [-0.39, 0.29) is 9.92 Å². The van der Waals surface area contributed by atoms with Crippen LogP contribution in [0.1, 0.15) is 17.7 Å². The summed E-state index contributed by atoms with van der Waals surface area (Å²) in [4.78, 5) is 11.1. The first-order chi connectivity index (χ1) is 7.74. The largest absolute Gasteiger partial charge is 0.324 e. The molecule has 0 spiro atoms. The van der Waals surface area contributed by atoms with Gasteiger partial charge in [0.05, 0.1) is 4.92 Å². The first kappa shape index (κ1) is 13.5. The molecule has 1 heterocycles. The summed E-state index contributed by atoms with van der Waals surface area (Å²) in [5, 5.41) is 14.0. The molecule has 16 heavy (non-hydrogen) atoms. The maximum atomic E-state index is 10.5. The number of thioether (sulfide) groups is 1. The molecule has 0 unspecified atom stereocenters. The van der Waals surface area contributed by atoms with Gasteiger partial charge in [0.2, 0.25) is 0 Å². The van der Waals surface area contributed by atoms with E-state index in [0.29, 0.717) is 0 Å². The zero-order valence-corrected chi connectivity index (χ0v) is 10.9. The van der Waals surface area contributed by atoms with Gasteiger partial charge in [-0.15, -0.1) is 0 Å². The topological polar surface area (TPSA) is 55.2 Å².